The lowest BCUT2D eigenvalue weighted by Crippen LogP contribution is -2.43. The van der Waals surface area contributed by atoms with Crippen molar-refractivity contribution in [2.75, 3.05) is 18.4 Å². The van der Waals surface area contributed by atoms with Crippen molar-refractivity contribution in [3.05, 3.63) is 29.8 Å². The van der Waals surface area contributed by atoms with Gasteiger partial charge in [0.2, 0.25) is 11.8 Å². The van der Waals surface area contributed by atoms with E-state index >= 15 is 0 Å². The van der Waals surface area contributed by atoms with E-state index in [-0.39, 0.29) is 29.1 Å². The van der Waals surface area contributed by atoms with Crippen LogP contribution in [0.25, 0.3) is 0 Å². The van der Waals surface area contributed by atoms with Crippen LogP contribution in [0.2, 0.25) is 0 Å². The van der Waals surface area contributed by atoms with E-state index in [2.05, 4.69) is 38.2 Å². The molecule has 0 unspecified atom stereocenters. The van der Waals surface area contributed by atoms with Crippen LogP contribution in [0, 0.1) is 11.8 Å². The van der Waals surface area contributed by atoms with Gasteiger partial charge in [0.25, 0.3) is 0 Å². The summed E-state index contributed by atoms with van der Waals surface area (Å²) in [5, 5.41) is 3.01. The zero-order chi connectivity index (χ0) is 17.9. The van der Waals surface area contributed by atoms with Gasteiger partial charge in [-0.25, -0.2) is 0 Å². The molecule has 24 heavy (non-hydrogen) atoms. The highest BCUT2D eigenvalue weighted by Gasteiger charge is 2.28. The number of nitrogens with zero attached hydrogens (tertiary/aromatic N) is 1. The Balaban J connectivity index is 1.89. The number of likely N-dealkylation sites (tertiary alicyclic amines) is 1. The summed E-state index contributed by atoms with van der Waals surface area (Å²) >= 11 is 0. The number of carbonyl (C=O) groups excluding carboxylic acids is 2. The average molecular weight is 330 g/mol. The van der Waals surface area contributed by atoms with E-state index in [1.807, 2.05) is 30.9 Å². The number of rotatable bonds is 3. The Labute approximate surface area is 145 Å². The smallest absolute Gasteiger partial charge is 0.227 e. The summed E-state index contributed by atoms with van der Waals surface area (Å²) in [5.41, 5.74) is 2.20. The minimum Gasteiger partial charge on any atom is -0.342 e. The molecule has 1 aromatic rings. The molecule has 0 radical (unpaired) electrons. The second kappa shape index (κ2) is 7.37. The van der Waals surface area contributed by atoms with Crippen molar-refractivity contribution in [2.24, 2.45) is 11.8 Å². The summed E-state index contributed by atoms with van der Waals surface area (Å²) < 4.78 is 0. The zero-order valence-corrected chi connectivity index (χ0v) is 15.6. The van der Waals surface area contributed by atoms with E-state index in [0.717, 1.165) is 18.5 Å². The Morgan fingerprint density at radius 3 is 2.08 bits per heavy atom. The molecule has 0 spiro atoms. The first-order chi connectivity index (χ1) is 11.2. The van der Waals surface area contributed by atoms with E-state index < -0.39 is 0 Å². The molecular formula is C20H30N2O2. The molecule has 0 saturated carbocycles. The van der Waals surface area contributed by atoms with Crippen LogP contribution in [0.15, 0.2) is 24.3 Å². The molecule has 1 saturated heterocycles. The monoisotopic (exact) mass is 330 g/mol. The summed E-state index contributed by atoms with van der Waals surface area (Å²) in [7, 11) is 0. The molecule has 1 aromatic carbocycles. The largest absolute Gasteiger partial charge is 0.342 e. The second-order valence-corrected chi connectivity index (χ2v) is 8.07. The van der Waals surface area contributed by atoms with Gasteiger partial charge < -0.3 is 10.2 Å². The van der Waals surface area contributed by atoms with Gasteiger partial charge in [-0.2, -0.15) is 0 Å². The van der Waals surface area contributed by atoms with Gasteiger partial charge in [0.05, 0.1) is 0 Å². The third-order valence-electron chi connectivity index (χ3n) is 4.69. The van der Waals surface area contributed by atoms with Crippen LogP contribution in [0.3, 0.4) is 0 Å². The SMILES string of the molecule is CC(C)C(=O)N1CCC(C(=O)Nc2ccc(C(C)(C)C)cc2)CC1. The summed E-state index contributed by atoms with van der Waals surface area (Å²) in [6.07, 6.45) is 1.48. The second-order valence-electron chi connectivity index (χ2n) is 8.07. The van der Waals surface area contributed by atoms with Crippen LogP contribution < -0.4 is 5.32 Å². The van der Waals surface area contributed by atoms with E-state index in [4.69, 9.17) is 0 Å². The quantitative estimate of drug-likeness (QED) is 0.916. The number of nitrogens with one attached hydrogen (secondary N) is 1. The Morgan fingerprint density at radius 1 is 1.08 bits per heavy atom. The van der Waals surface area contributed by atoms with Crippen molar-refractivity contribution >= 4 is 17.5 Å². The first-order valence-corrected chi connectivity index (χ1v) is 8.88. The van der Waals surface area contributed by atoms with Gasteiger partial charge in [-0.3, -0.25) is 9.59 Å². The Hall–Kier alpha value is -1.84. The van der Waals surface area contributed by atoms with Gasteiger partial charge in [-0.1, -0.05) is 46.8 Å². The maximum absolute atomic E-state index is 12.4. The number of hydrogen-bond acceptors (Lipinski definition) is 2. The van der Waals surface area contributed by atoms with Crippen LogP contribution in [-0.2, 0) is 15.0 Å². The maximum Gasteiger partial charge on any atom is 0.227 e. The lowest BCUT2D eigenvalue weighted by atomic mass is 9.87. The first kappa shape index (κ1) is 18.5. The number of carbonyl (C=O) groups is 2. The lowest BCUT2D eigenvalue weighted by molar-refractivity contribution is -0.137. The van der Waals surface area contributed by atoms with Crippen molar-refractivity contribution in [1.29, 1.82) is 0 Å². The van der Waals surface area contributed by atoms with Crippen LogP contribution in [0.1, 0.15) is 53.0 Å². The fourth-order valence-corrected chi connectivity index (χ4v) is 3.03. The van der Waals surface area contributed by atoms with Gasteiger partial charge in [-0.15, -0.1) is 0 Å². The molecule has 0 bridgehead atoms. The van der Waals surface area contributed by atoms with Crippen molar-refractivity contribution in [3.63, 3.8) is 0 Å². The Bertz CT molecular complexity index is 577. The third-order valence-corrected chi connectivity index (χ3v) is 4.69. The Kier molecular flexibility index (Phi) is 5.68. The summed E-state index contributed by atoms with van der Waals surface area (Å²) in [6.45, 7) is 11.7. The summed E-state index contributed by atoms with van der Waals surface area (Å²) in [4.78, 5) is 26.3. The van der Waals surface area contributed by atoms with Crippen LogP contribution in [-0.4, -0.2) is 29.8 Å². The molecule has 1 fully saturated rings. The van der Waals surface area contributed by atoms with E-state index in [9.17, 15) is 9.59 Å². The fraction of sp³-hybridized carbons (Fsp3) is 0.600. The van der Waals surface area contributed by atoms with Crippen molar-refractivity contribution in [1.82, 2.24) is 4.90 Å². The number of amides is 2. The van der Waals surface area contributed by atoms with Gasteiger partial charge in [0.1, 0.15) is 0 Å². The standard InChI is InChI=1S/C20H30N2O2/c1-14(2)19(24)22-12-10-15(11-13-22)18(23)21-17-8-6-16(7-9-17)20(3,4)5/h6-9,14-15H,10-13H2,1-5H3,(H,21,23). The molecule has 1 aliphatic rings. The molecule has 1 N–H and O–H groups in total. The molecule has 132 valence electrons. The molecule has 0 atom stereocenters. The molecule has 0 aromatic heterocycles. The highest BCUT2D eigenvalue weighted by molar-refractivity contribution is 5.92. The fourth-order valence-electron chi connectivity index (χ4n) is 3.03. The highest BCUT2D eigenvalue weighted by atomic mass is 16.2. The van der Waals surface area contributed by atoms with Gasteiger partial charge in [0.15, 0.2) is 0 Å². The number of piperidine rings is 1. The third kappa shape index (κ3) is 4.59. The van der Waals surface area contributed by atoms with Crippen molar-refractivity contribution < 1.29 is 9.59 Å². The molecule has 4 nitrogen and oxygen atoms in total. The first-order valence-electron chi connectivity index (χ1n) is 8.88. The lowest BCUT2D eigenvalue weighted by Gasteiger charge is -2.32. The topological polar surface area (TPSA) is 49.4 Å². The van der Waals surface area contributed by atoms with Gasteiger partial charge >= 0.3 is 0 Å². The predicted molar refractivity (Wildman–Crippen MR) is 97.9 cm³/mol. The molecule has 1 aliphatic heterocycles. The van der Waals surface area contributed by atoms with Crippen molar-refractivity contribution in [3.8, 4) is 0 Å². The number of benzene rings is 1. The van der Waals surface area contributed by atoms with Gasteiger partial charge in [0, 0.05) is 30.6 Å². The number of anilines is 1. The minimum absolute atomic E-state index is 0.0106. The molecule has 2 rings (SSSR count). The summed E-state index contributed by atoms with van der Waals surface area (Å²) in [6, 6.07) is 8.07. The molecule has 1 heterocycles. The number of hydrogen-bond donors (Lipinski definition) is 1. The van der Waals surface area contributed by atoms with E-state index in [1.165, 1.54) is 5.56 Å². The molecule has 0 aliphatic carbocycles. The molecule has 2 amide bonds. The van der Waals surface area contributed by atoms with E-state index in [1.54, 1.807) is 0 Å². The predicted octanol–water partition coefficient (Wildman–Crippen LogP) is 3.82. The van der Waals surface area contributed by atoms with Crippen LogP contribution in [0.4, 0.5) is 5.69 Å². The Morgan fingerprint density at radius 2 is 1.62 bits per heavy atom. The van der Waals surface area contributed by atoms with Crippen LogP contribution in [0.5, 0.6) is 0 Å². The normalized spacial score (nSPS) is 16.3. The maximum atomic E-state index is 12.4. The van der Waals surface area contributed by atoms with Crippen molar-refractivity contribution in [2.45, 2.75) is 52.9 Å². The zero-order valence-electron chi connectivity index (χ0n) is 15.6. The van der Waals surface area contributed by atoms with Gasteiger partial charge in [-0.05, 0) is 36.0 Å². The minimum atomic E-state index is -0.0106. The molecule has 4 heteroatoms. The van der Waals surface area contributed by atoms with E-state index in [0.29, 0.717) is 13.1 Å². The van der Waals surface area contributed by atoms with Crippen LogP contribution >= 0.6 is 0 Å². The summed E-state index contributed by atoms with van der Waals surface area (Å²) in [5.74, 6) is 0.266. The molecular weight excluding hydrogens is 300 g/mol. The highest BCUT2D eigenvalue weighted by Crippen LogP contribution is 2.25. The average Bonchev–Trinajstić information content (AvgIpc) is 2.54.